The summed E-state index contributed by atoms with van der Waals surface area (Å²) in [5.41, 5.74) is 1.53. The smallest absolute Gasteiger partial charge is 0.339 e. The number of hydrogen-bond donors (Lipinski definition) is 2. The molecule has 3 aromatic rings. The van der Waals surface area contributed by atoms with Gasteiger partial charge in [0.15, 0.2) is 0 Å². The average Bonchev–Trinajstić information content (AvgIpc) is 3.50. The molecule has 4 atom stereocenters. The maximum atomic E-state index is 14.2. The van der Waals surface area contributed by atoms with Gasteiger partial charge in [0.2, 0.25) is 17.7 Å². The minimum absolute atomic E-state index is 0.0946. The molecule has 3 heterocycles. The van der Waals surface area contributed by atoms with Crippen molar-refractivity contribution in [1.29, 1.82) is 0 Å². The molecule has 8 nitrogen and oxygen atoms in total. The number of carbonyl (C=O) groups excluding carboxylic acids is 4. The van der Waals surface area contributed by atoms with Crippen molar-refractivity contribution in [2.45, 2.75) is 24.9 Å². The van der Waals surface area contributed by atoms with Crippen LogP contribution in [-0.4, -0.2) is 36.8 Å². The predicted octanol–water partition coefficient (Wildman–Crippen LogP) is 3.60. The number of esters is 1. The van der Waals surface area contributed by atoms with E-state index in [0.29, 0.717) is 28.3 Å². The van der Waals surface area contributed by atoms with Gasteiger partial charge in [-0.1, -0.05) is 60.1 Å². The number of anilines is 2. The molecule has 192 valence electrons. The molecule has 0 radical (unpaired) electrons. The molecule has 0 bridgehead atoms. The molecule has 1 spiro atoms. The summed E-state index contributed by atoms with van der Waals surface area (Å²) in [5, 5.41) is 6.84. The van der Waals surface area contributed by atoms with Crippen molar-refractivity contribution in [1.82, 2.24) is 5.32 Å². The molecule has 2 fully saturated rings. The van der Waals surface area contributed by atoms with Crippen LogP contribution in [0.4, 0.5) is 11.4 Å². The number of fused-ring (bicyclic) bond motifs is 4. The SMILES string of the molecule is COC(=O)c1ccccc1N1C(=O)C2C(Cc3ccccc3)NC3(C(=O)Nc4c3ccc(Cl)c4C)C2C1=O. The lowest BCUT2D eigenvalue weighted by Crippen LogP contribution is -2.53. The molecule has 3 aliphatic rings. The lowest BCUT2D eigenvalue weighted by molar-refractivity contribution is -0.130. The molecule has 0 saturated carbocycles. The maximum absolute atomic E-state index is 14.2. The lowest BCUT2D eigenvalue weighted by atomic mass is 9.76. The highest BCUT2D eigenvalue weighted by atomic mass is 35.5. The minimum Gasteiger partial charge on any atom is -0.465 e. The molecule has 6 rings (SSSR count). The van der Waals surface area contributed by atoms with Crippen LogP contribution in [0.3, 0.4) is 0 Å². The van der Waals surface area contributed by atoms with Crippen LogP contribution >= 0.6 is 11.6 Å². The van der Waals surface area contributed by atoms with Crippen molar-refractivity contribution in [3.63, 3.8) is 0 Å². The highest BCUT2D eigenvalue weighted by Gasteiger charge is 2.70. The first-order chi connectivity index (χ1) is 18.3. The van der Waals surface area contributed by atoms with Gasteiger partial charge >= 0.3 is 5.97 Å². The van der Waals surface area contributed by atoms with E-state index in [1.807, 2.05) is 30.3 Å². The normalized spacial score (nSPS) is 25.5. The number of para-hydroxylation sites is 1. The van der Waals surface area contributed by atoms with Gasteiger partial charge in [0.1, 0.15) is 5.54 Å². The first-order valence-corrected chi connectivity index (χ1v) is 12.6. The second-order valence-corrected chi connectivity index (χ2v) is 10.2. The van der Waals surface area contributed by atoms with Gasteiger partial charge in [-0.25, -0.2) is 9.69 Å². The van der Waals surface area contributed by atoms with Crippen molar-refractivity contribution in [3.8, 4) is 0 Å². The van der Waals surface area contributed by atoms with Crippen LogP contribution in [0.2, 0.25) is 5.02 Å². The zero-order chi connectivity index (χ0) is 26.8. The monoisotopic (exact) mass is 529 g/mol. The number of halogens is 1. The Labute approximate surface area is 223 Å². The minimum atomic E-state index is -1.48. The third kappa shape index (κ3) is 3.27. The molecule has 0 aliphatic carbocycles. The molecule has 9 heteroatoms. The van der Waals surface area contributed by atoms with E-state index in [-0.39, 0.29) is 11.3 Å². The number of benzene rings is 3. The van der Waals surface area contributed by atoms with Gasteiger partial charge in [-0.15, -0.1) is 0 Å². The van der Waals surface area contributed by atoms with Crippen LogP contribution in [0.25, 0.3) is 0 Å². The summed E-state index contributed by atoms with van der Waals surface area (Å²) in [4.78, 5) is 55.7. The van der Waals surface area contributed by atoms with Crippen LogP contribution in [0, 0.1) is 18.8 Å². The second kappa shape index (κ2) is 8.79. The molecule has 2 N–H and O–H groups in total. The first kappa shape index (κ1) is 24.3. The maximum Gasteiger partial charge on any atom is 0.339 e. The standard InChI is InChI=1S/C29H24ClN3O5/c1-15-19(30)13-12-18-24(15)31-28(37)29(18)23-22(20(32-29)14-16-8-4-3-5-9-16)25(34)33(26(23)35)21-11-7-6-10-17(21)27(36)38-2/h3-13,20,22-23,32H,14H2,1-2H3,(H,31,37). The summed E-state index contributed by atoms with van der Waals surface area (Å²) in [6.07, 6.45) is 0.421. The van der Waals surface area contributed by atoms with E-state index in [4.69, 9.17) is 16.3 Å². The number of amides is 3. The highest BCUT2D eigenvalue weighted by molar-refractivity contribution is 6.32. The molecule has 3 amide bonds. The van der Waals surface area contributed by atoms with E-state index in [1.165, 1.54) is 13.2 Å². The van der Waals surface area contributed by atoms with Crippen molar-refractivity contribution >= 4 is 46.7 Å². The molecule has 3 aliphatic heterocycles. The summed E-state index contributed by atoms with van der Waals surface area (Å²) in [7, 11) is 1.24. The number of ether oxygens (including phenoxy) is 1. The zero-order valence-corrected chi connectivity index (χ0v) is 21.4. The van der Waals surface area contributed by atoms with Gasteiger partial charge in [-0.3, -0.25) is 19.7 Å². The van der Waals surface area contributed by atoms with Crippen molar-refractivity contribution < 1.29 is 23.9 Å². The Hall–Kier alpha value is -4.01. The number of carbonyl (C=O) groups is 4. The number of imide groups is 1. The van der Waals surface area contributed by atoms with Crippen LogP contribution in [0.1, 0.15) is 27.0 Å². The van der Waals surface area contributed by atoms with E-state index < -0.39 is 47.1 Å². The summed E-state index contributed by atoms with van der Waals surface area (Å²) < 4.78 is 4.91. The van der Waals surface area contributed by atoms with Crippen LogP contribution in [-0.2, 0) is 31.1 Å². The van der Waals surface area contributed by atoms with Gasteiger partial charge < -0.3 is 10.1 Å². The summed E-state index contributed by atoms with van der Waals surface area (Å²) in [6, 6.07) is 18.8. The Morgan fingerprint density at radius 2 is 1.71 bits per heavy atom. The van der Waals surface area contributed by atoms with Gasteiger partial charge in [0, 0.05) is 16.6 Å². The van der Waals surface area contributed by atoms with Gasteiger partial charge in [0.05, 0.1) is 35.9 Å². The largest absolute Gasteiger partial charge is 0.465 e. The Morgan fingerprint density at radius 1 is 1.00 bits per heavy atom. The second-order valence-electron chi connectivity index (χ2n) is 9.82. The highest BCUT2D eigenvalue weighted by Crippen LogP contribution is 2.55. The number of hydrogen-bond acceptors (Lipinski definition) is 6. The third-order valence-corrected chi connectivity index (χ3v) is 8.34. The van der Waals surface area contributed by atoms with Crippen LogP contribution < -0.4 is 15.5 Å². The fourth-order valence-electron chi connectivity index (χ4n) is 6.22. The Balaban J connectivity index is 1.53. The molecular weight excluding hydrogens is 506 g/mol. The molecular formula is C29H24ClN3O5. The first-order valence-electron chi connectivity index (χ1n) is 12.3. The van der Waals surface area contributed by atoms with Gasteiger partial charge in [-0.05, 0) is 42.7 Å². The number of nitrogens with zero attached hydrogens (tertiary/aromatic N) is 1. The molecule has 38 heavy (non-hydrogen) atoms. The van der Waals surface area contributed by atoms with E-state index in [1.54, 1.807) is 37.3 Å². The summed E-state index contributed by atoms with van der Waals surface area (Å²) in [5.74, 6) is -3.96. The summed E-state index contributed by atoms with van der Waals surface area (Å²) in [6.45, 7) is 1.80. The number of rotatable bonds is 4. The van der Waals surface area contributed by atoms with Crippen molar-refractivity contribution in [2.24, 2.45) is 11.8 Å². The van der Waals surface area contributed by atoms with Gasteiger partial charge in [-0.2, -0.15) is 0 Å². The predicted molar refractivity (Wildman–Crippen MR) is 141 cm³/mol. The van der Waals surface area contributed by atoms with E-state index in [9.17, 15) is 19.2 Å². The lowest BCUT2D eigenvalue weighted by Gasteiger charge is -2.30. The number of methoxy groups -OCH3 is 1. The van der Waals surface area contributed by atoms with E-state index >= 15 is 0 Å². The fourth-order valence-corrected chi connectivity index (χ4v) is 6.38. The van der Waals surface area contributed by atoms with E-state index in [0.717, 1.165) is 10.5 Å². The molecule has 2 saturated heterocycles. The Kier molecular flexibility index (Phi) is 5.63. The van der Waals surface area contributed by atoms with Crippen LogP contribution in [0.5, 0.6) is 0 Å². The van der Waals surface area contributed by atoms with E-state index in [2.05, 4.69) is 10.6 Å². The van der Waals surface area contributed by atoms with Crippen molar-refractivity contribution in [3.05, 3.63) is 94.0 Å². The average molecular weight is 530 g/mol. The quantitative estimate of drug-likeness (QED) is 0.395. The Bertz CT molecular complexity index is 1520. The Morgan fingerprint density at radius 3 is 2.45 bits per heavy atom. The number of nitrogens with one attached hydrogen (secondary N) is 2. The topological polar surface area (TPSA) is 105 Å². The van der Waals surface area contributed by atoms with Crippen LogP contribution in [0.15, 0.2) is 66.7 Å². The third-order valence-electron chi connectivity index (χ3n) is 7.93. The van der Waals surface area contributed by atoms with Crippen molar-refractivity contribution in [2.75, 3.05) is 17.3 Å². The zero-order valence-electron chi connectivity index (χ0n) is 20.7. The molecule has 3 aromatic carbocycles. The summed E-state index contributed by atoms with van der Waals surface area (Å²) >= 11 is 6.35. The molecule has 0 aromatic heterocycles. The van der Waals surface area contributed by atoms with Gasteiger partial charge in [0.25, 0.3) is 0 Å². The molecule has 4 unspecified atom stereocenters. The fraction of sp³-hybridized carbons (Fsp3) is 0.241.